The third-order valence-electron chi connectivity index (χ3n) is 3.76. The van der Waals surface area contributed by atoms with E-state index in [0.717, 1.165) is 6.42 Å². The number of ether oxygens (including phenoxy) is 1. The predicted octanol–water partition coefficient (Wildman–Crippen LogP) is 6.20. The summed E-state index contributed by atoms with van der Waals surface area (Å²) in [6, 6.07) is 0. The molecule has 0 rings (SSSR count). The van der Waals surface area contributed by atoms with Crippen LogP contribution in [0.4, 0.5) is 0 Å². The number of hydrogen-bond donors (Lipinski definition) is 0. The Morgan fingerprint density at radius 2 is 1.24 bits per heavy atom. The van der Waals surface area contributed by atoms with E-state index < -0.39 is 0 Å². The van der Waals surface area contributed by atoms with E-state index in [1.807, 2.05) is 13.0 Å². The second-order valence-electron chi connectivity index (χ2n) is 5.83. The third-order valence-corrected chi connectivity index (χ3v) is 3.76. The van der Waals surface area contributed by atoms with Gasteiger partial charge in [-0.3, -0.25) is 0 Å². The van der Waals surface area contributed by atoms with Crippen LogP contribution < -0.4 is 0 Å². The molecule has 0 spiro atoms. The second-order valence-corrected chi connectivity index (χ2v) is 5.83. The van der Waals surface area contributed by atoms with E-state index in [2.05, 4.69) is 6.92 Å². The van der Waals surface area contributed by atoms with Crippen molar-refractivity contribution in [2.75, 3.05) is 6.61 Å². The average molecular weight is 296 g/mol. The normalized spacial score (nSPS) is 11.1. The zero-order valence-corrected chi connectivity index (χ0v) is 14.4. The first-order valence-electron chi connectivity index (χ1n) is 9.14. The van der Waals surface area contributed by atoms with Crippen molar-refractivity contribution in [3.05, 3.63) is 12.2 Å². The van der Waals surface area contributed by atoms with Crippen LogP contribution >= 0.6 is 0 Å². The maximum Gasteiger partial charge on any atom is 0.330 e. The van der Waals surface area contributed by atoms with Crippen molar-refractivity contribution >= 4 is 5.97 Å². The minimum Gasteiger partial charge on any atom is -0.463 e. The zero-order chi connectivity index (χ0) is 15.6. The van der Waals surface area contributed by atoms with E-state index >= 15 is 0 Å². The average Bonchev–Trinajstić information content (AvgIpc) is 2.48. The van der Waals surface area contributed by atoms with Crippen molar-refractivity contribution < 1.29 is 9.53 Å². The molecule has 0 aromatic carbocycles. The summed E-state index contributed by atoms with van der Waals surface area (Å²) in [7, 11) is 0. The Balaban J connectivity index is 3.10. The molecule has 0 N–H and O–H groups in total. The van der Waals surface area contributed by atoms with Crippen LogP contribution in [0.15, 0.2) is 12.2 Å². The van der Waals surface area contributed by atoms with Crippen LogP contribution in [0.3, 0.4) is 0 Å². The molecule has 0 atom stereocenters. The maximum absolute atomic E-state index is 11.1. The Bertz CT molecular complexity index is 246. The number of rotatable bonds is 15. The fraction of sp³-hybridized carbons (Fsp3) is 0.842. The molecule has 0 aliphatic heterocycles. The highest BCUT2D eigenvalue weighted by Gasteiger charge is 1.94. The maximum atomic E-state index is 11.1. The molecular formula is C19H36O2. The number of esters is 1. The lowest BCUT2D eigenvalue weighted by molar-refractivity contribution is -0.137. The number of allylic oxidation sites excluding steroid dienone is 1. The summed E-state index contributed by atoms with van der Waals surface area (Å²) in [6.45, 7) is 4.56. The van der Waals surface area contributed by atoms with Gasteiger partial charge in [0.05, 0.1) is 6.61 Å². The predicted molar refractivity (Wildman–Crippen MR) is 91.5 cm³/mol. The lowest BCUT2D eigenvalue weighted by Gasteiger charge is -2.02. The second kappa shape index (κ2) is 17.3. The van der Waals surface area contributed by atoms with E-state index in [1.54, 1.807) is 6.08 Å². The summed E-state index contributed by atoms with van der Waals surface area (Å²) in [6.07, 6.45) is 20.9. The standard InChI is InChI=1S/C19H36O2/c1-3-5-6-7-8-9-10-11-12-13-14-15-16-17-18-19(20)21-4-2/h17-18H,3-16H2,1-2H3/b18-17-. The van der Waals surface area contributed by atoms with Gasteiger partial charge in [0, 0.05) is 6.08 Å². The van der Waals surface area contributed by atoms with Gasteiger partial charge < -0.3 is 4.74 Å². The van der Waals surface area contributed by atoms with E-state index in [0.29, 0.717) is 6.61 Å². The van der Waals surface area contributed by atoms with Gasteiger partial charge in [-0.05, 0) is 19.8 Å². The summed E-state index contributed by atoms with van der Waals surface area (Å²) >= 11 is 0. The van der Waals surface area contributed by atoms with Crippen LogP contribution in [0.2, 0.25) is 0 Å². The molecule has 0 unspecified atom stereocenters. The van der Waals surface area contributed by atoms with Crippen LogP contribution in [0.1, 0.15) is 97.3 Å². The van der Waals surface area contributed by atoms with Crippen molar-refractivity contribution in [3.8, 4) is 0 Å². The van der Waals surface area contributed by atoms with Crippen molar-refractivity contribution in [1.82, 2.24) is 0 Å². The Morgan fingerprint density at radius 1 is 0.762 bits per heavy atom. The molecule has 0 aromatic heterocycles. The van der Waals surface area contributed by atoms with Crippen LogP contribution in [-0.2, 0) is 9.53 Å². The molecule has 0 saturated carbocycles. The number of carbonyl (C=O) groups excluding carboxylic acids is 1. The van der Waals surface area contributed by atoms with E-state index in [1.165, 1.54) is 77.0 Å². The van der Waals surface area contributed by atoms with E-state index in [-0.39, 0.29) is 5.97 Å². The first-order chi connectivity index (χ1) is 10.3. The third kappa shape index (κ3) is 17.2. The first kappa shape index (κ1) is 20.2. The molecule has 0 aromatic rings. The quantitative estimate of drug-likeness (QED) is 0.204. The molecule has 0 aliphatic rings. The molecule has 0 aliphatic carbocycles. The SMILES string of the molecule is CCCCCCCCCCCCCC/C=C\C(=O)OCC. The van der Waals surface area contributed by atoms with Gasteiger partial charge in [-0.15, -0.1) is 0 Å². The van der Waals surface area contributed by atoms with Gasteiger partial charge in [0.1, 0.15) is 0 Å². The summed E-state index contributed by atoms with van der Waals surface area (Å²) < 4.78 is 4.83. The van der Waals surface area contributed by atoms with Gasteiger partial charge in [0.2, 0.25) is 0 Å². The number of hydrogen-bond acceptors (Lipinski definition) is 2. The Hall–Kier alpha value is -0.790. The lowest BCUT2D eigenvalue weighted by atomic mass is 10.0. The Kier molecular flexibility index (Phi) is 16.6. The van der Waals surface area contributed by atoms with Gasteiger partial charge in [0.15, 0.2) is 0 Å². The molecule has 21 heavy (non-hydrogen) atoms. The van der Waals surface area contributed by atoms with Crippen LogP contribution in [0.5, 0.6) is 0 Å². The summed E-state index contributed by atoms with van der Waals surface area (Å²) in [5, 5.41) is 0. The molecule has 2 nitrogen and oxygen atoms in total. The smallest absolute Gasteiger partial charge is 0.330 e. The van der Waals surface area contributed by atoms with Crippen LogP contribution in [0, 0.1) is 0 Å². The minimum absolute atomic E-state index is 0.212. The highest BCUT2D eigenvalue weighted by atomic mass is 16.5. The Labute approximate surface area is 132 Å². The Morgan fingerprint density at radius 3 is 1.71 bits per heavy atom. The van der Waals surface area contributed by atoms with Gasteiger partial charge in [0.25, 0.3) is 0 Å². The van der Waals surface area contributed by atoms with Gasteiger partial charge >= 0.3 is 5.97 Å². The van der Waals surface area contributed by atoms with Crippen LogP contribution in [-0.4, -0.2) is 12.6 Å². The van der Waals surface area contributed by atoms with Crippen molar-refractivity contribution in [1.29, 1.82) is 0 Å². The van der Waals surface area contributed by atoms with E-state index in [4.69, 9.17) is 4.74 Å². The van der Waals surface area contributed by atoms with Crippen LogP contribution in [0.25, 0.3) is 0 Å². The number of carbonyl (C=O) groups is 1. The first-order valence-corrected chi connectivity index (χ1v) is 9.14. The van der Waals surface area contributed by atoms with Gasteiger partial charge in [-0.2, -0.15) is 0 Å². The molecule has 0 fully saturated rings. The summed E-state index contributed by atoms with van der Waals surface area (Å²) in [5.74, 6) is -0.212. The number of unbranched alkanes of at least 4 members (excludes halogenated alkanes) is 12. The fourth-order valence-electron chi connectivity index (χ4n) is 2.47. The molecule has 0 amide bonds. The van der Waals surface area contributed by atoms with Crippen molar-refractivity contribution in [2.45, 2.75) is 97.3 Å². The monoisotopic (exact) mass is 296 g/mol. The lowest BCUT2D eigenvalue weighted by Crippen LogP contribution is -1.98. The summed E-state index contributed by atoms with van der Waals surface area (Å²) in [4.78, 5) is 11.1. The summed E-state index contributed by atoms with van der Waals surface area (Å²) in [5.41, 5.74) is 0. The van der Waals surface area contributed by atoms with E-state index in [9.17, 15) is 4.79 Å². The highest BCUT2D eigenvalue weighted by molar-refractivity contribution is 5.81. The van der Waals surface area contributed by atoms with Gasteiger partial charge in [-0.25, -0.2) is 4.79 Å². The molecule has 0 saturated heterocycles. The van der Waals surface area contributed by atoms with Crippen molar-refractivity contribution in [2.24, 2.45) is 0 Å². The zero-order valence-electron chi connectivity index (χ0n) is 14.4. The topological polar surface area (TPSA) is 26.3 Å². The minimum atomic E-state index is -0.212. The molecule has 124 valence electrons. The molecule has 0 radical (unpaired) electrons. The highest BCUT2D eigenvalue weighted by Crippen LogP contribution is 2.12. The molecule has 0 heterocycles. The molecule has 0 bridgehead atoms. The van der Waals surface area contributed by atoms with Crippen molar-refractivity contribution in [3.63, 3.8) is 0 Å². The van der Waals surface area contributed by atoms with Gasteiger partial charge in [-0.1, -0.05) is 83.6 Å². The fourth-order valence-corrected chi connectivity index (χ4v) is 2.47. The molecule has 2 heteroatoms. The largest absolute Gasteiger partial charge is 0.463 e. The molecular weight excluding hydrogens is 260 g/mol.